The van der Waals surface area contributed by atoms with Crippen LogP contribution in [0, 0.1) is 12.7 Å². The molecule has 0 aromatic heterocycles. The maximum atomic E-state index is 13.4. The van der Waals surface area contributed by atoms with Crippen molar-refractivity contribution in [1.82, 2.24) is 0 Å². The van der Waals surface area contributed by atoms with Crippen LogP contribution in [0.5, 0.6) is 0 Å². The molecule has 1 amide bonds. The molecule has 4 heteroatoms. The zero-order chi connectivity index (χ0) is 11.0. The standard InChI is InChI=1S/C11H13FN2O/c1-6-2-3-8(12)10-9(6)7(4-5-13)11(15)14-10/h2-3,7H,4-5,13H2,1H3,(H,14,15). The van der Waals surface area contributed by atoms with E-state index in [0.717, 1.165) is 11.1 Å². The molecule has 1 atom stereocenters. The lowest BCUT2D eigenvalue weighted by Gasteiger charge is -2.09. The van der Waals surface area contributed by atoms with E-state index in [1.54, 1.807) is 6.07 Å². The van der Waals surface area contributed by atoms with E-state index in [-0.39, 0.29) is 17.6 Å². The molecule has 1 heterocycles. The number of carbonyl (C=O) groups is 1. The van der Waals surface area contributed by atoms with E-state index in [2.05, 4.69) is 5.32 Å². The summed E-state index contributed by atoms with van der Waals surface area (Å²) in [7, 11) is 0. The third-order valence-electron chi connectivity index (χ3n) is 2.78. The number of nitrogens with two attached hydrogens (primary N) is 1. The molecule has 15 heavy (non-hydrogen) atoms. The van der Waals surface area contributed by atoms with Crippen LogP contribution in [0.2, 0.25) is 0 Å². The van der Waals surface area contributed by atoms with Crippen LogP contribution in [-0.2, 0) is 4.79 Å². The molecule has 1 aliphatic heterocycles. The molecule has 0 radical (unpaired) electrons. The van der Waals surface area contributed by atoms with Crippen molar-refractivity contribution in [2.75, 3.05) is 11.9 Å². The van der Waals surface area contributed by atoms with Crippen molar-refractivity contribution in [3.8, 4) is 0 Å². The van der Waals surface area contributed by atoms with Crippen LogP contribution in [0.4, 0.5) is 10.1 Å². The van der Waals surface area contributed by atoms with Gasteiger partial charge in [0.25, 0.3) is 0 Å². The van der Waals surface area contributed by atoms with Gasteiger partial charge in [-0.15, -0.1) is 0 Å². The molecule has 0 saturated carbocycles. The van der Waals surface area contributed by atoms with Crippen LogP contribution in [0.25, 0.3) is 0 Å². The summed E-state index contributed by atoms with van der Waals surface area (Å²) in [5.41, 5.74) is 7.48. The Morgan fingerprint density at radius 2 is 2.27 bits per heavy atom. The van der Waals surface area contributed by atoms with E-state index in [1.807, 2.05) is 6.92 Å². The normalized spacial score (nSPS) is 18.9. The van der Waals surface area contributed by atoms with Gasteiger partial charge in [0.15, 0.2) is 0 Å². The van der Waals surface area contributed by atoms with Gasteiger partial charge in [-0.3, -0.25) is 4.79 Å². The number of hydrogen-bond acceptors (Lipinski definition) is 2. The average molecular weight is 208 g/mol. The zero-order valence-corrected chi connectivity index (χ0v) is 8.51. The first-order valence-corrected chi connectivity index (χ1v) is 4.95. The first kappa shape index (κ1) is 10.1. The van der Waals surface area contributed by atoms with Gasteiger partial charge in [-0.25, -0.2) is 4.39 Å². The highest BCUT2D eigenvalue weighted by atomic mass is 19.1. The summed E-state index contributed by atoms with van der Waals surface area (Å²) in [5, 5.41) is 2.57. The van der Waals surface area contributed by atoms with Crippen LogP contribution < -0.4 is 11.1 Å². The second-order valence-corrected chi connectivity index (χ2v) is 3.77. The fraction of sp³-hybridized carbons (Fsp3) is 0.364. The number of aryl methyl sites for hydroxylation is 1. The highest BCUT2D eigenvalue weighted by molar-refractivity contribution is 6.03. The number of halogens is 1. The molecule has 1 aromatic rings. The van der Waals surface area contributed by atoms with Crippen molar-refractivity contribution in [1.29, 1.82) is 0 Å². The average Bonchev–Trinajstić information content (AvgIpc) is 2.53. The molecular formula is C11H13FN2O. The fourth-order valence-electron chi connectivity index (χ4n) is 2.06. The Balaban J connectivity index is 2.52. The summed E-state index contributed by atoms with van der Waals surface area (Å²) in [6, 6.07) is 3.07. The smallest absolute Gasteiger partial charge is 0.232 e. The molecule has 2 rings (SSSR count). The molecular weight excluding hydrogens is 195 g/mol. The lowest BCUT2D eigenvalue weighted by atomic mass is 9.93. The largest absolute Gasteiger partial charge is 0.330 e. The van der Waals surface area contributed by atoms with Gasteiger partial charge < -0.3 is 11.1 Å². The number of carbonyl (C=O) groups excluding carboxylic acids is 1. The van der Waals surface area contributed by atoms with Crippen LogP contribution in [0.3, 0.4) is 0 Å². The van der Waals surface area contributed by atoms with E-state index < -0.39 is 0 Å². The van der Waals surface area contributed by atoms with Crippen molar-refractivity contribution < 1.29 is 9.18 Å². The van der Waals surface area contributed by atoms with E-state index >= 15 is 0 Å². The van der Waals surface area contributed by atoms with Crippen LogP contribution >= 0.6 is 0 Å². The highest BCUT2D eigenvalue weighted by Gasteiger charge is 2.33. The number of rotatable bonds is 2. The van der Waals surface area contributed by atoms with E-state index in [0.29, 0.717) is 18.7 Å². The molecule has 0 spiro atoms. The first-order valence-electron chi connectivity index (χ1n) is 4.95. The van der Waals surface area contributed by atoms with Gasteiger partial charge in [-0.05, 0) is 37.1 Å². The summed E-state index contributed by atoms with van der Waals surface area (Å²) in [4.78, 5) is 11.6. The van der Waals surface area contributed by atoms with Crippen molar-refractivity contribution in [3.05, 3.63) is 29.1 Å². The molecule has 0 bridgehead atoms. The fourth-order valence-corrected chi connectivity index (χ4v) is 2.06. The third-order valence-corrected chi connectivity index (χ3v) is 2.78. The summed E-state index contributed by atoms with van der Waals surface area (Å²) in [5.74, 6) is -0.812. The minimum atomic E-state index is -0.372. The summed E-state index contributed by atoms with van der Waals surface area (Å²) < 4.78 is 13.4. The Bertz CT molecular complexity index is 417. The number of hydrogen-bond donors (Lipinski definition) is 2. The summed E-state index contributed by atoms with van der Waals surface area (Å²) in [6.45, 7) is 2.30. The van der Waals surface area contributed by atoms with Crippen molar-refractivity contribution >= 4 is 11.6 Å². The van der Waals surface area contributed by atoms with Gasteiger partial charge in [0.05, 0.1) is 11.6 Å². The number of nitrogens with one attached hydrogen (secondary N) is 1. The molecule has 3 nitrogen and oxygen atoms in total. The highest BCUT2D eigenvalue weighted by Crippen LogP contribution is 2.38. The predicted octanol–water partition coefficient (Wildman–Crippen LogP) is 1.52. The Morgan fingerprint density at radius 1 is 1.53 bits per heavy atom. The Labute approximate surface area is 87.5 Å². The molecule has 1 aromatic carbocycles. The number of amides is 1. The topological polar surface area (TPSA) is 55.1 Å². The molecule has 0 aliphatic carbocycles. The Hall–Kier alpha value is -1.42. The second kappa shape index (κ2) is 3.62. The number of fused-ring (bicyclic) bond motifs is 1. The van der Waals surface area contributed by atoms with Gasteiger partial charge in [-0.1, -0.05) is 6.07 Å². The van der Waals surface area contributed by atoms with Gasteiger partial charge in [-0.2, -0.15) is 0 Å². The van der Waals surface area contributed by atoms with Crippen LogP contribution in [0.15, 0.2) is 12.1 Å². The van der Waals surface area contributed by atoms with Crippen molar-refractivity contribution in [3.63, 3.8) is 0 Å². The molecule has 3 N–H and O–H groups in total. The quantitative estimate of drug-likeness (QED) is 0.774. The lowest BCUT2D eigenvalue weighted by molar-refractivity contribution is -0.117. The maximum Gasteiger partial charge on any atom is 0.232 e. The first-order chi connectivity index (χ1) is 7.15. The van der Waals surface area contributed by atoms with Crippen molar-refractivity contribution in [2.45, 2.75) is 19.3 Å². The minimum absolute atomic E-state index is 0.149. The summed E-state index contributed by atoms with van der Waals surface area (Å²) >= 11 is 0. The van der Waals surface area contributed by atoms with Crippen LogP contribution in [0.1, 0.15) is 23.5 Å². The van der Waals surface area contributed by atoms with E-state index in [4.69, 9.17) is 5.73 Å². The van der Waals surface area contributed by atoms with Gasteiger partial charge >= 0.3 is 0 Å². The number of benzene rings is 1. The van der Waals surface area contributed by atoms with Gasteiger partial charge in [0.2, 0.25) is 5.91 Å². The third kappa shape index (κ3) is 1.51. The Kier molecular flexibility index (Phi) is 2.44. The maximum absolute atomic E-state index is 13.4. The molecule has 0 saturated heterocycles. The van der Waals surface area contributed by atoms with E-state index in [9.17, 15) is 9.18 Å². The summed E-state index contributed by atoms with van der Waals surface area (Å²) in [6.07, 6.45) is 0.559. The zero-order valence-electron chi connectivity index (χ0n) is 8.51. The van der Waals surface area contributed by atoms with Gasteiger partial charge in [0.1, 0.15) is 5.82 Å². The number of anilines is 1. The van der Waals surface area contributed by atoms with Crippen molar-refractivity contribution in [2.24, 2.45) is 5.73 Å². The second-order valence-electron chi connectivity index (χ2n) is 3.77. The van der Waals surface area contributed by atoms with Crippen LogP contribution in [-0.4, -0.2) is 12.5 Å². The molecule has 1 unspecified atom stereocenters. The van der Waals surface area contributed by atoms with E-state index in [1.165, 1.54) is 6.07 Å². The molecule has 0 fully saturated rings. The molecule has 80 valence electrons. The minimum Gasteiger partial charge on any atom is -0.330 e. The van der Waals surface area contributed by atoms with Gasteiger partial charge in [0, 0.05) is 0 Å². The molecule has 1 aliphatic rings. The lowest BCUT2D eigenvalue weighted by Crippen LogP contribution is -2.16. The predicted molar refractivity (Wildman–Crippen MR) is 56.2 cm³/mol. The monoisotopic (exact) mass is 208 g/mol. The Morgan fingerprint density at radius 3 is 2.93 bits per heavy atom. The SMILES string of the molecule is Cc1ccc(F)c2c1C(CCN)C(=O)N2.